The van der Waals surface area contributed by atoms with E-state index in [4.69, 9.17) is 9.47 Å². The van der Waals surface area contributed by atoms with Gasteiger partial charge in [-0.1, -0.05) is 6.07 Å². The zero-order valence-electron chi connectivity index (χ0n) is 13.0. The van der Waals surface area contributed by atoms with Gasteiger partial charge in [0.15, 0.2) is 11.5 Å². The highest BCUT2D eigenvalue weighted by molar-refractivity contribution is 5.75. The summed E-state index contributed by atoms with van der Waals surface area (Å²) in [6.07, 6.45) is 2.50. The lowest BCUT2D eigenvalue weighted by Gasteiger charge is -2.21. The summed E-state index contributed by atoms with van der Waals surface area (Å²) in [5.41, 5.74) is 0.909. The van der Waals surface area contributed by atoms with Crippen LogP contribution in [0.1, 0.15) is 5.56 Å². The number of imidazole rings is 1. The minimum atomic E-state index is -0.597. The number of ether oxygens (including phenoxy) is 2. The lowest BCUT2D eigenvalue weighted by atomic mass is 10.2. The molecule has 0 saturated heterocycles. The van der Waals surface area contributed by atoms with Crippen molar-refractivity contribution in [3.63, 3.8) is 0 Å². The van der Waals surface area contributed by atoms with Gasteiger partial charge in [0.25, 0.3) is 0 Å². The Balaban J connectivity index is 1.62. The van der Waals surface area contributed by atoms with Crippen LogP contribution in [0.15, 0.2) is 30.7 Å². The molecule has 9 heteroatoms. The summed E-state index contributed by atoms with van der Waals surface area (Å²) in [5, 5.41) is 10.6. The molecule has 126 valence electrons. The van der Waals surface area contributed by atoms with E-state index in [1.807, 2.05) is 18.2 Å². The van der Waals surface area contributed by atoms with Crippen LogP contribution in [0.5, 0.6) is 11.5 Å². The molecular formula is C15H16N4O5. The van der Waals surface area contributed by atoms with Crippen LogP contribution in [0, 0.1) is 10.1 Å². The Morgan fingerprint density at radius 3 is 2.83 bits per heavy atom. The fourth-order valence-corrected chi connectivity index (χ4v) is 2.35. The van der Waals surface area contributed by atoms with Crippen molar-refractivity contribution >= 4 is 11.7 Å². The number of carbonyl (C=O) groups is 1. The lowest BCUT2D eigenvalue weighted by Crippen LogP contribution is -2.29. The highest BCUT2D eigenvalue weighted by Crippen LogP contribution is 2.31. The van der Waals surface area contributed by atoms with Gasteiger partial charge in [0, 0.05) is 13.6 Å². The Morgan fingerprint density at radius 1 is 1.38 bits per heavy atom. The van der Waals surface area contributed by atoms with Crippen LogP contribution in [-0.2, 0) is 17.9 Å². The zero-order chi connectivity index (χ0) is 17.1. The van der Waals surface area contributed by atoms with Crippen LogP contribution in [0.25, 0.3) is 0 Å². The van der Waals surface area contributed by atoms with E-state index in [1.54, 1.807) is 7.05 Å². The number of rotatable bonds is 5. The highest BCUT2D eigenvalue weighted by Gasteiger charge is 2.16. The van der Waals surface area contributed by atoms with Crippen LogP contribution >= 0.6 is 0 Å². The van der Waals surface area contributed by atoms with E-state index in [9.17, 15) is 14.9 Å². The minimum absolute atomic E-state index is 0.0120. The van der Waals surface area contributed by atoms with Crippen LogP contribution in [-0.4, -0.2) is 45.5 Å². The average Bonchev–Trinajstić information content (AvgIpc) is 3.03. The van der Waals surface area contributed by atoms with E-state index in [0.29, 0.717) is 31.3 Å². The predicted octanol–water partition coefficient (Wildman–Crippen LogP) is 1.22. The molecule has 1 amide bonds. The molecule has 0 unspecified atom stereocenters. The quantitative estimate of drug-likeness (QED) is 0.603. The van der Waals surface area contributed by atoms with Gasteiger partial charge in [0.1, 0.15) is 26.0 Å². The molecule has 2 heterocycles. The smallest absolute Gasteiger partial charge is 0.381 e. The molecule has 0 spiro atoms. The number of hydrogen-bond acceptors (Lipinski definition) is 6. The maximum atomic E-state index is 12.2. The van der Waals surface area contributed by atoms with Crippen molar-refractivity contribution in [2.75, 3.05) is 20.3 Å². The first-order valence-electron chi connectivity index (χ1n) is 7.31. The summed E-state index contributed by atoms with van der Waals surface area (Å²) in [5.74, 6) is 0.906. The fraction of sp³-hybridized carbons (Fsp3) is 0.333. The largest absolute Gasteiger partial charge is 0.486 e. The molecular weight excluding hydrogens is 316 g/mol. The van der Waals surface area contributed by atoms with Crippen molar-refractivity contribution in [1.29, 1.82) is 0 Å². The number of likely N-dealkylation sites (N-methyl/N-ethyl adjacent to an activating group) is 1. The fourth-order valence-electron chi connectivity index (χ4n) is 2.35. The monoisotopic (exact) mass is 332 g/mol. The van der Waals surface area contributed by atoms with Gasteiger partial charge in [0.05, 0.1) is 0 Å². The maximum Gasteiger partial charge on any atom is 0.381 e. The number of nitro groups is 1. The number of amides is 1. The van der Waals surface area contributed by atoms with Crippen molar-refractivity contribution < 1.29 is 19.2 Å². The van der Waals surface area contributed by atoms with E-state index < -0.39 is 4.92 Å². The molecule has 0 saturated carbocycles. The average molecular weight is 332 g/mol. The summed E-state index contributed by atoms with van der Waals surface area (Å²) < 4.78 is 12.4. The van der Waals surface area contributed by atoms with Crippen LogP contribution in [0.2, 0.25) is 0 Å². The Kier molecular flexibility index (Phi) is 4.32. The Morgan fingerprint density at radius 2 is 2.12 bits per heavy atom. The molecule has 9 nitrogen and oxygen atoms in total. The second-order valence-electron chi connectivity index (χ2n) is 5.39. The summed E-state index contributed by atoms with van der Waals surface area (Å²) in [7, 11) is 1.67. The normalized spacial score (nSPS) is 12.7. The molecule has 0 radical (unpaired) electrons. The summed E-state index contributed by atoms with van der Waals surface area (Å²) >= 11 is 0. The van der Waals surface area contributed by atoms with Gasteiger partial charge in [-0.15, -0.1) is 0 Å². The lowest BCUT2D eigenvalue weighted by molar-refractivity contribution is -0.389. The van der Waals surface area contributed by atoms with E-state index in [0.717, 1.165) is 5.56 Å². The molecule has 0 atom stereocenters. The molecule has 3 rings (SSSR count). The molecule has 0 fully saturated rings. The predicted molar refractivity (Wildman–Crippen MR) is 82.8 cm³/mol. The number of nitrogens with zero attached hydrogens (tertiary/aromatic N) is 4. The van der Waals surface area contributed by atoms with Gasteiger partial charge in [0.2, 0.25) is 12.2 Å². The first-order valence-corrected chi connectivity index (χ1v) is 7.31. The maximum absolute atomic E-state index is 12.2. The van der Waals surface area contributed by atoms with E-state index in [-0.39, 0.29) is 18.3 Å². The summed E-state index contributed by atoms with van der Waals surface area (Å²) in [4.78, 5) is 27.4. The molecule has 1 aliphatic heterocycles. The number of carbonyl (C=O) groups excluding carboxylic acids is 1. The van der Waals surface area contributed by atoms with Crippen molar-refractivity contribution in [2.45, 2.75) is 13.1 Å². The molecule has 2 aromatic rings. The third-order valence-corrected chi connectivity index (χ3v) is 3.58. The number of fused-ring (bicyclic) bond motifs is 1. The third-order valence-electron chi connectivity index (χ3n) is 3.58. The molecule has 0 aliphatic carbocycles. The van der Waals surface area contributed by atoms with E-state index >= 15 is 0 Å². The van der Waals surface area contributed by atoms with Crippen molar-refractivity contribution in [1.82, 2.24) is 14.5 Å². The van der Waals surface area contributed by atoms with Gasteiger partial charge in [-0.05, 0) is 27.6 Å². The van der Waals surface area contributed by atoms with E-state index in [2.05, 4.69) is 4.98 Å². The zero-order valence-corrected chi connectivity index (χ0v) is 13.0. The van der Waals surface area contributed by atoms with Crippen LogP contribution in [0.4, 0.5) is 5.82 Å². The molecule has 1 aliphatic rings. The van der Waals surface area contributed by atoms with Crippen molar-refractivity contribution in [3.05, 3.63) is 46.4 Å². The van der Waals surface area contributed by atoms with Gasteiger partial charge in [-0.3, -0.25) is 4.79 Å². The second kappa shape index (κ2) is 6.57. The minimum Gasteiger partial charge on any atom is -0.486 e. The molecule has 0 bridgehead atoms. The molecule has 24 heavy (non-hydrogen) atoms. The second-order valence-corrected chi connectivity index (χ2v) is 5.39. The molecule has 1 aromatic heterocycles. The van der Waals surface area contributed by atoms with Gasteiger partial charge in [-0.25, -0.2) is 0 Å². The van der Waals surface area contributed by atoms with Gasteiger partial charge < -0.3 is 29.1 Å². The molecule has 1 aromatic carbocycles. The van der Waals surface area contributed by atoms with Crippen molar-refractivity contribution in [3.8, 4) is 11.5 Å². The first-order chi connectivity index (χ1) is 11.5. The van der Waals surface area contributed by atoms with Crippen LogP contribution in [0.3, 0.4) is 0 Å². The number of hydrogen-bond donors (Lipinski definition) is 0. The van der Waals surface area contributed by atoms with Crippen LogP contribution < -0.4 is 9.47 Å². The highest BCUT2D eigenvalue weighted by atomic mass is 16.6. The number of aromatic nitrogens is 2. The standard InChI is InChI=1S/C15H16N4O5/c1-17(15(20)9-18-8-14(16-10-18)19(21)22)7-11-2-3-12-13(6-11)24-5-4-23-12/h2-3,6,8,10H,4-5,7,9H2,1H3. The Bertz CT molecular complexity index is 773. The summed E-state index contributed by atoms with van der Waals surface area (Å²) in [6.45, 7) is 1.42. The number of benzene rings is 1. The topological polar surface area (TPSA) is 99.7 Å². The SMILES string of the molecule is CN(Cc1ccc2c(c1)OCCO2)C(=O)Cn1cnc([N+](=O)[O-])c1. The Hall–Kier alpha value is -3.10. The van der Waals surface area contributed by atoms with Gasteiger partial charge >= 0.3 is 5.82 Å². The van der Waals surface area contributed by atoms with E-state index in [1.165, 1.54) is 22.0 Å². The summed E-state index contributed by atoms with van der Waals surface area (Å²) in [6, 6.07) is 5.54. The molecule has 0 N–H and O–H groups in total. The van der Waals surface area contributed by atoms with Crippen molar-refractivity contribution in [2.24, 2.45) is 0 Å². The van der Waals surface area contributed by atoms with Gasteiger partial charge in [-0.2, -0.15) is 0 Å². The Labute approximate surface area is 137 Å². The first kappa shape index (κ1) is 15.8. The third kappa shape index (κ3) is 3.45.